The zero-order valence-electron chi connectivity index (χ0n) is 16.8. The van der Waals surface area contributed by atoms with Gasteiger partial charge in [0.25, 0.3) is 5.56 Å². The lowest BCUT2D eigenvalue weighted by atomic mass is 9.97. The topological polar surface area (TPSA) is 69.3 Å². The van der Waals surface area contributed by atoms with Gasteiger partial charge in [-0.25, -0.2) is 4.98 Å². The molecular formula is C21H30N4O2S. The van der Waals surface area contributed by atoms with Gasteiger partial charge in [0.2, 0.25) is 5.91 Å². The summed E-state index contributed by atoms with van der Waals surface area (Å²) >= 11 is 1.70. The van der Waals surface area contributed by atoms with Crippen LogP contribution in [0.4, 0.5) is 0 Å². The SMILES string of the molecule is CCCCCC(=O)N1CCN(Cc2nc3sc4c(c3c(=O)[nH]2)CCCC4)CC1. The van der Waals surface area contributed by atoms with Crippen molar-refractivity contribution in [3.8, 4) is 0 Å². The molecule has 1 aliphatic heterocycles. The van der Waals surface area contributed by atoms with Gasteiger partial charge in [0, 0.05) is 37.5 Å². The van der Waals surface area contributed by atoms with E-state index in [1.807, 2.05) is 4.90 Å². The summed E-state index contributed by atoms with van der Waals surface area (Å²) in [5, 5.41) is 0.825. The van der Waals surface area contributed by atoms with Crippen LogP contribution in [-0.2, 0) is 24.2 Å². The predicted octanol–water partition coefficient (Wildman–Crippen LogP) is 3.09. The summed E-state index contributed by atoms with van der Waals surface area (Å²) in [6.45, 7) is 6.01. The first-order valence-electron chi connectivity index (χ1n) is 10.7. The summed E-state index contributed by atoms with van der Waals surface area (Å²) in [6.07, 6.45) is 8.40. The molecule has 0 radical (unpaired) electrons. The average molecular weight is 403 g/mol. The molecule has 1 aliphatic carbocycles. The van der Waals surface area contributed by atoms with Gasteiger partial charge in [-0.15, -0.1) is 11.3 Å². The summed E-state index contributed by atoms with van der Waals surface area (Å²) < 4.78 is 0. The number of carbonyl (C=O) groups excluding carboxylic acids is 1. The predicted molar refractivity (Wildman–Crippen MR) is 113 cm³/mol. The molecule has 2 aromatic rings. The van der Waals surface area contributed by atoms with Crippen LogP contribution in [-0.4, -0.2) is 51.9 Å². The molecule has 0 aromatic carbocycles. The Labute approximate surface area is 169 Å². The van der Waals surface area contributed by atoms with Gasteiger partial charge in [0.1, 0.15) is 10.7 Å². The van der Waals surface area contributed by atoms with Crippen LogP contribution in [0, 0.1) is 0 Å². The maximum atomic E-state index is 12.7. The Morgan fingerprint density at radius 1 is 1.14 bits per heavy atom. The standard InChI is InChI=1S/C21H30N4O2S/c1-2-3-4-9-18(26)25-12-10-24(11-13-25)14-17-22-20(27)19-15-7-5-6-8-16(15)28-21(19)23-17/h2-14H2,1H3,(H,22,23,27). The molecule has 1 fully saturated rings. The maximum absolute atomic E-state index is 12.7. The smallest absolute Gasteiger partial charge is 0.259 e. The van der Waals surface area contributed by atoms with Crippen LogP contribution >= 0.6 is 11.3 Å². The molecule has 1 amide bonds. The first-order chi connectivity index (χ1) is 13.7. The Hall–Kier alpha value is -1.73. The van der Waals surface area contributed by atoms with Crippen LogP contribution in [0.5, 0.6) is 0 Å². The third-order valence-corrected chi connectivity index (χ3v) is 7.15. The summed E-state index contributed by atoms with van der Waals surface area (Å²) in [7, 11) is 0. The molecule has 28 heavy (non-hydrogen) atoms. The zero-order valence-corrected chi connectivity index (χ0v) is 17.6. The largest absolute Gasteiger partial charge is 0.340 e. The van der Waals surface area contributed by atoms with Gasteiger partial charge >= 0.3 is 0 Å². The van der Waals surface area contributed by atoms with Gasteiger partial charge in [-0.2, -0.15) is 0 Å². The van der Waals surface area contributed by atoms with E-state index >= 15 is 0 Å². The summed E-state index contributed by atoms with van der Waals surface area (Å²) in [5.41, 5.74) is 1.26. The van der Waals surface area contributed by atoms with Crippen molar-refractivity contribution >= 4 is 27.5 Å². The number of fused-ring (bicyclic) bond motifs is 3. The highest BCUT2D eigenvalue weighted by Crippen LogP contribution is 2.33. The Balaban J connectivity index is 1.38. The van der Waals surface area contributed by atoms with E-state index in [4.69, 9.17) is 4.98 Å². The van der Waals surface area contributed by atoms with E-state index in [0.717, 1.165) is 74.3 Å². The molecule has 6 nitrogen and oxygen atoms in total. The number of carbonyl (C=O) groups is 1. The highest BCUT2D eigenvalue weighted by atomic mass is 32.1. The van der Waals surface area contributed by atoms with Gasteiger partial charge < -0.3 is 9.88 Å². The minimum Gasteiger partial charge on any atom is -0.340 e. The van der Waals surface area contributed by atoms with Crippen molar-refractivity contribution in [1.82, 2.24) is 19.8 Å². The number of rotatable bonds is 6. The van der Waals surface area contributed by atoms with Crippen LogP contribution in [0.1, 0.15) is 61.7 Å². The number of piperazine rings is 1. The van der Waals surface area contributed by atoms with Gasteiger partial charge in [-0.1, -0.05) is 19.8 Å². The van der Waals surface area contributed by atoms with Crippen molar-refractivity contribution in [2.75, 3.05) is 26.2 Å². The van der Waals surface area contributed by atoms with Crippen LogP contribution in [0.3, 0.4) is 0 Å². The molecule has 0 atom stereocenters. The number of aromatic nitrogens is 2. The molecule has 0 bridgehead atoms. The first kappa shape index (κ1) is 19.6. The van der Waals surface area contributed by atoms with E-state index in [1.165, 1.54) is 23.3 Å². The second-order valence-corrected chi connectivity index (χ2v) is 9.10. The van der Waals surface area contributed by atoms with Crippen molar-refractivity contribution in [2.45, 2.75) is 64.8 Å². The summed E-state index contributed by atoms with van der Waals surface area (Å²) in [5.74, 6) is 1.03. The fraction of sp³-hybridized carbons (Fsp3) is 0.667. The summed E-state index contributed by atoms with van der Waals surface area (Å²) in [6, 6.07) is 0. The lowest BCUT2D eigenvalue weighted by molar-refractivity contribution is -0.133. The third kappa shape index (κ3) is 4.15. The number of thiophene rings is 1. The van der Waals surface area contributed by atoms with E-state index in [-0.39, 0.29) is 11.5 Å². The number of unbranched alkanes of at least 4 members (excludes halogenated alkanes) is 2. The minimum atomic E-state index is 0.0177. The zero-order chi connectivity index (χ0) is 19.5. The number of H-pyrrole nitrogens is 1. The fourth-order valence-electron chi connectivity index (χ4n) is 4.33. The van der Waals surface area contributed by atoms with Crippen molar-refractivity contribution in [3.63, 3.8) is 0 Å². The molecule has 2 aliphatic rings. The quantitative estimate of drug-likeness (QED) is 0.754. The van der Waals surface area contributed by atoms with Crippen LogP contribution in [0.15, 0.2) is 4.79 Å². The molecule has 4 rings (SSSR count). The van der Waals surface area contributed by atoms with E-state index in [1.54, 1.807) is 11.3 Å². The molecule has 1 N–H and O–H groups in total. The van der Waals surface area contributed by atoms with Gasteiger partial charge in [0.15, 0.2) is 0 Å². The minimum absolute atomic E-state index is 0.0177. The third-order valence-electron chi connectivity index (χ3n) is 5.97. The Kier molecular flexibility index (Phi) is 6.11. The molecule has 0 saturated carbocycles. The van der Waals surface area contributed by atoms with Crippen molar-refractivity contribution in [2.24, 2.45) is 0 Å². The maximum Gasteiger partial charge on any atom is 0.259 e. The van der Waals surface area contributed by atoms with Crippen LogP contribution < -0.4 is 5.56 Å². The Morgan fingerprint density at radius 2 is 1.93 bits per heavy atom. The molecular weight excluding hydrogens is 372 g/mol. The fourth-order valence-corrected chi connectivity index (χ4v) is 5.62. The van der Waals surface area contributed by atoms with Crippen molar-refractivity contribution in [1.29, 1.82) is 0 Å². The molecule has 0 spiro atoms. The Morgan fingerprint density at radius 3 is 2.71 bits per heavy atom. The van der Waals surface area contributed by atoms with Gasteiger partial charge in [-0.05, 0) is 37.7 Å². The number of amides is 1. The van der Waals surface area contributed by atoms with Crippen LogP contribution in [0.25, 0.3) is 10.2 Å². The molecule has 152 valence electrons. The number of aryl methyl sites for hydroxylation is 2. The molecule has 7 heteroatoms. The van der Waals surface area contributed by atoms with Crippen LogP contribution in [0.2, 0.25) is 0 Å². The first-order valence-corrected chi connectivity index (χ1v) is 11.5. The van der Waals surface area contributed by atoms with Crippen molar-refractivity contribution < 1.29 is 4.79 Å². The molecule has 1 saturated heterocycles. The monoisotopic (exact) mass is 402 g/mol. The van der Waals surface area contributed by atoms with Gasteiger partial charge in [-0.3, -0.25) is 14.5 Å². The lowest BCUT2D eigenvalue weighted by Gasteiger charge is -2.34. The highest BCUT2D eigenvalue weighted by molar-refractivity contribution is 7.18. The van der Waals surface area contributed by atoms with E-state index < -0.39 is 0 Å². The average Bonchev–Trinajstić information content (AvgIpc) is 3.07. The number of aromatic amines is 1. The highest BCUT2D eigenvalue weighted by Gasteiger charge is 2.23. The normalized spacial score (nSPS) is 17.8. The van der Waals surface area contributed by atoms with E-state index in [0.29, 0.717) is 13.0 Å². The Bertz CT molecular complexity index is 896. The molecule has 0 unspecified atom stereocenters. The molecule has 3 heterocycles. The van der Waals surface area contributed by atoms with E-state index in [2.05, 4.69) is 16.8 Å². The van der Waals surface area contributed by atoms with Gasteiger partial charge in [0.05, 0.1) is 11.9 Å². The molecule has 2 aromatic heterocycles. The second kappa shape index (κ2) is 8.74. The number of nitrogens with zero attached hydrogens (tertiary/aromatic N) is 3. The van der Waals surface area contributed by atoms with Crippen molar-refractivity contribution in [3.05, 3.63) is 26.6 Å². The van der Waals surface area contributed by atoms with E-state index in [9.17, 15) is 9.59 Å². The lowest BCUT2D eigenvalue weighted by Crippen LogP contribution is -2.48. The number of nitrogens with one attached hydrogen (secondary N) is 1. The summed E-state index contributed by atoms with van der Waals surface area (Å²) in [4.78, 5) is 39.3. The second-order valence-electron chi connectivity index (χ2n) is 8.02. The number of hydrogen-bond acceptors (Lipinski definition) is 5. The number of hydrogen-bond donors (Lipinski definition) is 1.